The molecule has 1 amide bonds. The van der Waals surface area contributed by atoms with E-state index in [0.29, 0.717) is 12.4 Å². The van der Waals surface area contributed by atoms with Crippen molar-refractivity contribution < 1.29 is 4.79 Å². The Kier molecular flexibility index (Phi) is 4.46. The van der Waals surface area contributed by atoms with Crippen molar-refractivity contribution in [3.05, 3.63) is 65.6 Å². The second-order valence-corrected chi connectivity index (χ2v) is 5.99. The van der Waals surface area contributed by atoms with Crippen molar-refractivity contribution in [2.24, 2.45) is 0 Å². The molecule has 3 rings (SSSR count). The van der Waals surface area contributed by atoms with Crippen LogP contribution in [0.4, 0.5) is 5.82 Å². The fourth-order valence-electron chi connectivity index (χ4n) is 2.47. The van der Waals surface area contributed by atoms with Crippen LogP contribution < -0.4 is 5.32 Å². The van der Waals surface area contributed by atoms with Crippen LogP contribution >= 0.6 is 0 Å². The Labute approximate surface area is 141 Å². The van der Waals surface area contributed by atoms with Gasteiger partial charge < -0.3 is 5.32 Å². The maximum Gasteiger partial charge on any atom is 0.250 e. The van der Waals surface area contributed by atoms with Crippen molar-refractivity contribution in [3.8, 4) is 0 Å². The molecule has 2 aromatic heterocycles. The third-order valence-corrected chi connectivity index (χ3v) is 3.99. The SMILES string of the molecule is Cc1cnn(C(C)C(=O)Nc2ccn(Cc3ccccc3C)n2)c1. The van der Waals surface area contributed by atoms with Gasteiger partial charge in [0.15, 0.2) is 5.82 Å². The first-order valence-corrected chi connectivity index (χ1v) is 7.92. The molecule has 0 aliphatic heterocycles. The third-order valence-electron chi connectivity index (χ3n) is 3.99. The van der Waals surface area contributed by atoms with Gasteiger partial charge in [0.1, 0.15) is 6.04 Å². The van der Waals surface area contributed by atoms with Crippen molar-refractivity contribution in [1.29, 1.82) is 0 Å². The second kappa shape index (κ2) is 6.70. The molecule has 1 aromatic carbocycles. The van der Waals surface area contributed by atoms with E-state index < -0.39 is 0 Å². The highest BCUT2D eigenvalue weighted by molar-refractivity contribution is 5.92. The Morgan fingerprint density at radius 2 is 2.04 bits per heavy atom. The van der Waals surface area contributed by atoms with Gasteiger partial charge in [-0.1, -0.05) is 24.3 Å². The number of aromatic nitrogens is 4. The molecule has 1 atom stereocenters. The highest BCUT2D eigenvalue weighted by Gasteiger charge is 2.16. The van der Waals surface area contributed by atoms with Crippen LogP contribution in [0.3, 0.4) is 0 Å². The summed E-state index contributed by atoms with van der Waals surface area (Å²) in [6.07, 6.45) is 5.45. The van der Waals surface area contributed by atoms with Crippen molar-refractivity contribution in [2.75, 3.05) is 5.32 Å². The molecule has 0 aliphatic rings. The summed E-state index contributed by atoms with van der Waals surface area (Å²) in [6.45, 7) is 6.51. The number of hydrogen-bond acceptors (Lipinski definition) is 3. The molecular weight excluding hydrogens is 302 g/mol. The summed E-state index contributed by atoms with van der Waals surface area (Å²) < 4.78 is 3.47. The number of aryl methyl sites for hydroxylation is 2. The number of anilines is 1. The lowest BCUT2D eigenvalue weighted by Crippen LogP contribution is -2.24. The number of nitrogens with zero attached hydrogens (tertiary/aromatic N) is 4. The Bertz CT molecular complexity index is 848. The van der Waals surface area contributed by atoms with Crippen LogP contribution in [0.1, 0.15) is 29.7 Å². The van der Waals surface area contributed by atoms with E-state index in [9.17, 15) is 4.79 Å². The van der Waals surface area contributed by atoms with Gasteiger partial charge in [-0.05, 0) is 37.5 Å². The van der Waals surface area contributed by atoms with Gasteiger partial charge in [-0.25, -0.2) is 0 Å². The van der Waals surface area contributed by atoms with Gasteiger partial charge in [0.05, 0.1) is 12.7 Å². The van der Waals surface area contributed by atoms with Gasteiger partial charge in [0.2, 0.25) is 5.91 Å². The summed E-state index contributed by atoms with van der Waals surface area (Å²) in [4.78, 5) is 12.3. The smallest absolute Gasteiger partial charge is 0.250 e. The minimum absolute atomic E-state index is 0.140. The average Bonchev–Trinajstić information content (AvgIpc) is 3.18. The summed E-state index contributed by atoms with van der Waals surface area (Å²) in [6, 6.07) is 9.61. The lowest BCUT2D eigenvalue weighted by molar-refractivity contribution is -0.119. The molecule has 6 nitrogen and oxygen atoms in total. The Morgan fingerprint density at radius 3 is 2.75 bits per heavy atom. The Balaban J connectivity index is 1.65. The first-order valence-electron chi connectivity index (χ1n) is 7.92. The summed E-state index contributed by atoms with van der Waals surface area (Å²) in [5.74, 6) is 0.406. The molecule has 0 saturated heterocycles. The standard InChI is InChI=1S/C18H21N5O/c1-13-10-19-23(11-13)15(3)18(24)20-17-8-9-22(21-17)12-16-7-5-4-6-14(16)2/h4-11,15H,12H2,1-3H3,(H,20,21,24). The predicted octanol–water partition coefficient (Wildman–Crippen LogP) is 2.94. The second-order valence-electron chi connectivity index (χ2n) is 5.99. The summed E-state index contributed by atoms with van der Waals surface area (Å²) >= 11 is 0. The molecule has 1 unspecified atom stereocenters. The number of rotatable bonds is 5. The van der Waals surface area contributed by atoms with Crippen molar-refractivity contribution in [1.82, 2.24) is 19.6 Å². The van der Waals surface area contributed by atoms with Crippen LogP contribution in [0.25, 0.3) is 0 Å². The van der Waals surface area contributed by atoms with Gasteiger partial charge in [-0.2, -0.15) is 10.2 Å². The molecular formula is C18H21N5O. The molecule has 1 N–H and O–H groups in total. The van der Waals surface area contributed by atoms with Crippen LogP contribution in [0.15, 0.2) is 48.9 Å². The number of carbonyl (C=O) groups is 1. The van der Waals surface area contributed by atoms with E-state index in [4.69, 9.17) is 0 Å². The van der Waals surface area contributed by atoms with Crippen LogP contribution in [0, 0.1) is 13.8 Å². The maximum absolute atomic E-state index is 12.3. The number of amides is 1. The van der Waals surface area contributed by atoms with E-state index in [-0.39, 0.29) is 11.9 Å². The molecule has 0 fully saturated rings. The van der Waals surface area contributed by atoms with E-state index in [1.807, 2.05) is 43.1 Å². The fraction of sp³-hybridized carbons (Fsp3) is 0.278. The monoisotopic (exact) mass is 323 g/mol. The molecule has 124 valence electrons. The highest BCUT2D eigenvalue weighted by Crippen LogP contribution is 2.13. The normalized spacial score (nSPS) is 12.1. The highest BCUT2D eigenvalue weighted by atomic mass is 16.2. The van der Waals surface area contributed by atoms with E-state index in [2.05, 4.69) is 34.6 Å². The van der Waals surface area contributed by atoms with Gasteiger partial charge in [-0.3, -0.25) is 14.2 Å². The first-order chi connectivity index (χ1) is 11.5. The summed E-state index contributed by atoms with van der Waals surface area (Å²) in [5, 5.41) is 11.4. The van der Waals surface area contributed by atoms with E-state index in [1.54, 1.807) is 16.9 Å². The number of nitrogens with one attached hydrogen (secondary N) is 1. The number of benzene rings is 1. The van der Waals surface area contributed by atoms with Gasteiger partial charge in [-0.15, -0.1) is 0 Å². The molecule has 2 heterocycles. The number of hydrogen-bond donors (Lipinski definition) is 1. The Hall–Kier alpha value is -2.89. The van der Waals surface area contributed by atoms with Crippen LogP contribution in [0.5, 0.6) is 0 Å². The molecule has 3 aromatic rings. The van der Waals surface area contributed by atoms with Crippen molar-refractivity contribution in [3.63, 3.8) is 0 Å². The van der Waals surface area contributed by atoms with Crippen LogP contribution in [-0.4, -0.2) is 25.5 Å². The zero-order valence-corrected chi connectivity index (χ0v) is 14.1. The minimum atomic E-state index is -0.389. The van der Waals surface area contributed by atoms with Crippen LogP contribution in [0.2, 0.25) is 0 Å². The lowest BCUT2D eigenvalue weighted by Gasteiger charge is -2.11. The zero-order chi connectivity index (χ0) is 17.1. The predicted molar refractivity (Wildman–Crippen MR) is 92.8 cm³/mol. The van der Waals surface area contributed by atoms with Gasteiger partial charge in [0, 0.05) is 18.5 Å². The molecule has 24 heavy (non-hydrogen) atoms. The summed E-state index contributed by atoms with van der Waals surface area (Å²) in [5.41, 5.74) is 3.46. The van der Waals surface area contributed by atoms with Gasteiger partial charge >= 0.3 is 0 Å². The van der Waals surface area contributed by atoms with Crippen LogP contribution in [-0.2, 0) is 11.3 Å². The molecule has 0 aliphatic carbocycles. The summed E-state index contributed by atoms with van der Waals surface area (Å²) in [7, 11) is 0. The van der Waals surface area contributed by atoms with Gasteiger partial charge in [0.25, 0.3) is 0 Å². The number of carbonyl (C=O) groups excluding carboxylic acids is 1. The minimum Gasteiger partial charge on any atom is -0.307 e. The zero-order valence-electron chi connectivity index (χ0n) is 14.1. The Morgan fingerprint density at radius 1 is 1.25 bits per heavy atom. The van der Waals surface area contributed by atoms with Crippen molar-refractivity contribution >= 4 is 11.7 Å². The van der Waals surface area contributed by atoms with Crippen molar-refractivity contribution in [2.45, 2.75) is 33.4 Å². The first kappa shape index (κ1) is 16.0. The van der Waals surface area contributed by atoms with E-state index in [0.717, 1.165) is 5.56 Å². The fourth-order valence-corrected chi connectivity index (χ4v) is 2.47. The molecule has 6 heteroatoms. The van der Waals surface area contributed by atoms with E-state index >= 15 is 0 Å². The topological polar surface area (TPSA) is 64.7 Å². The third kappa shape index (κ3) is 3.53. The molecule has 0 spiro atoms. The largest absolute Gasteiger partial charge is 0.307 e. The quantitative estimate of drug-likeness (QED) is 0.785. The maximum atomic E-state index is 12.3. The molecule has 0 saturated carbocycles. The molecule has 0 radical (unpaired) electrons. The lowest BCUT2D eigenvalue weighted by atomic mass is 10.1. The average molecular weight is 323 g/mol. The van der Waals surface area contributed by atoms with E-state index in [1.165, 1.54) is 11.1 Å². The molecule has 0 bridgehead atoms.